The first kappa shape index (κ1) is 29.5. The molecule has 0 spiro atoms. The molecule has 0 aromatic heterocycles. The van der Waals surface area contributed by atoms with E-state index in [0.717, 1.165) is 32.1 Å². The first-order valence-corrected chi connectivity index (χ1v) is 14.1. The molecule has 7 heteroatoms. The van der Waals surface area contributed by atoms with Crippen molar-refractivity contribution in [3.05, 3.63) is 35.4 Å². The predicted molar refractivity (Wildman–Crippen MR) is 149 cm³/mol. The minimum Gasteiger partial charge on any atom is -0.444 e. The Labute approximate surface area is 228 Å². The summed E-state index contributed by atoms with van der Waals surface area (Å²) in [5.74, 6) is 2.58. The molecule has 2 aliphatic carbocycles. The van der Waals surface area contributed by atoms with Crippen LogP contribution in [0.5, 0.6) is 0 Å². The van der Waals surface area contributed by atoms with Crippen LogP contribution >= 0.6 is 0 Å². The molecule has 2 aliphatic rings. The SMILES string of the molecule is C#Cc1ccccc1C(C(=O)NC1CCCCC1)N(C(=O)C(CC(C)C)NC(=O)OC(C)(C)C)C1CC1C. The molecule has 3 amide bonds. The lowest BCUT2D eigenvalue weighted by Gasteiger charge is -2.37. The predicted octanol–water partition coefficient (Wildman–Crippen LogP) is 5.33. The van der Waals surface area contributed by atoms with Gasteiger partial charge in [0.25, 0.3) is 0 Å². The summed E-state index contributed by atoms with van der Waals surface area (Å²) in [7, 11) is 0. The van der Waals surface area contributed by atoms with Crippen molar-refractivity contribution < 1.29 is 19.1 Å². The van der Waals surface area contributed by atoms with Gasteiger partial charge in [0, 0.05) is 17.6 Å². The number of nitrogens with zero attached hydrogens (tertiary/aromatic N) is 1. The monoisotopic (exact) mass is 523 g/mol. The van der Waals surface area contributed by atoms with Crippen LogP contribution in [-0.2, 0) is 14.3 Å². The van der Waals surface area contributed by atoms with Crippen molar-refractivity contribution >= 4 is 17.9 Å². The highest BCUT2D eigenvalue weighted by Gasteiger charge is 2.48. The maximum absolute atomic E-state index is 14.3. The van der Waals surface area contributed by atoms with E-state index in [1.54, 1.807) is 31.7 Å². The van der Waals surface area contributed by atoms with E-state index in [1.165, 1.54) is 6.42 Å². The summed E-state index contributed by atoms with van der Waals surface area (Å²) in [5.41, 5.74) is 0.521. The van der Waals surface area contributed by atoms with Crippen molar-refractivity contribution in [3.63, 3.8) is 0 Å². The quantitative estimate of drug-likeness (QED) is 0.428. The fourth-order valence-corrected chi connectivity index (χ4v) is 5.31. The second-order valence-corrected chi connectivity index (χ2v) is 12.3. The first-order valence-electron chi connectivity index (χ1n) is 14.1. The summed E-state index contributed by atoms with van der Waals surface area (Å²) in [6, 6.07) is 5.57. The molecule has 3 rings (SSSR count). The van der Waals surface area contributed by atoms with Crippen molar-refractivity contribution in [2.24, 2.45) is 11.8 Å². The number of nitrogens with one attached hydrogen (secondary N) is 2. The number of rotatable bonds is 9. The normalized spacial score (nSPS) is 21.1. The van der Waals surface area contributed by atoms with E-state index in [0.29, 0.717) is 17.5 Å². The first-order chi connectivity index (χ1) is 17.9. The van der Waals surface area contributed by atoms with Crippen molar-refractivity contribution in [2.75, 3.05) is 0 Å². The third-order valence-corrected chi connectivity index (χ3v) is 7.26. The van der Waals surface area contributed by atoms with Gasteiger partial charge in [-0.25, -0.2) is 4.79 Å². The molecule has 208 valence electrons. The molecule has 1 aromatic rings. The van der Waals surface area contributed by atoms with Crippen LogP contribution in [-0.4, -0.2) is 46.5 Å². The zero-order chi connectivity index (χ0) is 28.0. The Balaban J connectivity index is 2.01. The summed E-state index contributed by atoms with van der Waals surface area (Å²) in [6.07, 6.45) is 11.6. The van der Waals surface area contributed by atoms with E-state index < -0.39 is 23.8 Å². The van der Waals surface area contributed by atoms with Gasteiger partial charge in [0.05, 0.1) is 0 Å². The van der Waals surface area contributed by atoms with Crippen molar-refractivity contribution in [1.82, 2.24) is 15.5 Å². The zero-order valence-corrected chi connectivity index (χ0v) is 23.9. The third-order valence-electron chi connectivity index (χ3n) is 7.26. The Morgan fingerprint density at radius 1 is 1.13 bits per heavy atom. The number of alkyl carbamates (subject to hydrolysis) is 1. The number of ether oxygens (including phenoxy) is 1. The van der Waals surface area contributed by atoms with Gasteiger partial charge in [-0.2, -0.15) is 0 Å². The van der Waals surface area contributed by atoms with E-state index in [2.05, 4.69) is 23.5 Å². The van der Waals surface area contributed by atoms with Gasteiger partial charge >= 0.3 is 6.09 Å². The van der Waals surface area contributed by atoms with Gasteiger partial charge in [0.1, 0.15) is 17.7 Å². The van der Waals surface area contributed by atoms with Crippen LogP contribution in [0, 0.1) is 24.2 Å². The van der Waals surface area contributed by atoms with Crippen LogP contribution in [0.1, 0.15) is 104 Å². The summed E-state index contributed by atoms with van der Waals surface area (Å²) in [5, 5.41) is 6.05. The molecule has 2 saturated carbocycles. The van der Waals surface area contributed by atoms with Crippen LogP contribution in [0.25, 0.3) is 0 Å². The van der Waals surface area contributed by atoms with Crippen molar-refractivity contribution in [1.29, 1.82) is 0 Å². The van der Waals surface area contributed by atoms with Crippen molar-refractivity contribution in [3.8, 4) is 12.3 Å². The van der Waals surface area contributed by atoms with Gasteiger partial charge in [-0.15, -0.1) is 6.42 Å². The number of amides is 3. The maximum Gasteiger partial charge on any atom is 0.408 e. The molecule has 1 aromatic carbocycles. The average Bonchev–Trinajstić information content (AvgIpc) is 3.56. The van der Waals surface area contributed by atoms with Gasteiger partial charge in [-0.05, 0) is 69.9 Å². The number of benzene rings is 1. The molecule has 0 bridgehead atoms. The third kappa shape index (κ3) is 7.99. The average molecular weight is 524 g/mol. The highest BCUT2D eigenvalue weighted by molar-refractivity contribution is 5.93. The molecule has 0 radical (unpaired) electrons. The Hall–Kier alpha value is -3.01. The van der Waals surface area contributed by atoms with E-state index in [-0.39, 0.29) is 35.7 Å². The number of terminal acetylenes is 1. The lowest BCUT2D eigenvalue weighted by molar-refractivity contribution is -0.144. The lowest BCUT2D eigenvalue weighted by Crippen LogP contribution is -2.55. The summed E-state index contributed by atoms with van der Waals surface area (Å²) < 4.78 is 5.48. The minimum absolute atomic E-state index is 0.0803. The highest BCUT2D eigenvalue weighted by Crippen LogP contribution is 2.41. The second kappa shape index (κ2) is 12.7. The lowest BCUT2D eigenvalue weighted by atomic mass is 9.93. The molecule has 4 unspecified atom stereocenters. The van der Waals surface area contributed by atoms with E-state index >= 15 is 0 Å². The summed E-state index contributed by atoms with van der Waals surface area (Å²) in [6.45, 7) is 11.4. The summed E-state index contributed by atoms with van der Waals surface area (Å²) >= 11 is 0. The van der Waals surface area contributed by atoms with Crippen molar-refractivity contribution in [2.45, 2.75) is 116 Å². The molecular formula is C31H45N3O4. The van der Waals surface area contributed by atoms with Gasteiger partial charge in [0.2, 0.25) is 11.8 Å². The zero-order valence-electron chi connectivity index (χ0n) is 23.9. The Morgan fingerprint density at radius 2 is 1.76 bits per heavy atom. The molecule has 0 heterocycles. The van der Waals surface area contributed by atoms with E-state index in [1.807, 2.05) is 32.0 Å². The molecule has 7 nitrogen and oxygen atoms in total. The van der Waals surface area contributed by atoms with Crippen LogP contribution in [0.4, 0.5) is 4.79 Å². The molecule has 0 aliphatic heterocycles. The van der Waals surface area contributed by atoms with Crippen LogP contribution in [0.2, 0.25) is 0 Å². The molecule has 2 fully saturated rings. The molecule has 0 saturated heterocycles. The molecule has 4 atom stereocenters. The largest absolute Gasteiger partial charge is 0.444 e. The molecule has 2 N–H and O–H groups in total. The smallest absolute Gasteiger partial charge is 0.408 e. The van der Waals surface area contributed by atoms with Crippen LogP contribution in [0.15, 0.2) is 24.3 Å². The van der Waals surface area contributed by atoms with Crippen LogP contribution in [0.3, 0.4) is 0 Å². The Bertz CT molecular complexity index is 1030. The van der Waals surface area contributed by atoms with Gasteiger partial charge in [-0.3, -0.25) is 9.59 Å². The minimum atomic E-state index is -0.887. The highest BCUT2D eigenvalue weighted by atomic mass is 16.6. The van der Waals surface area contributed by atoms with Crippen LogP contribution < -0.4 is 10.6 Å². The summed E-state index contributed by atoms with van der Waals surface area (Å²) in [4.78, 5) is 42.8. The Kier molecular flexibility index (Phi) is 9.87. The molecule has 38 heavy (non-hydrogen) atoms. The topological polar surface area (TPSA) is 87.7 Å². The molecular weight excluding hydrogens is 478 g/mol. The number of hydrogen-bond donors (Lipinski definition) is 2. The number of carbonyl (C=O) groups excluding carboxylic acids is 3. The fraction of sp³-hybridized carbons (Fsp3) is 0.645. The van der Waals surface area contributed by atoms with Gasteiger partial charge in [0.15, 0.2) is 0 Å². The van der Waals surface area contributed by atoms with E-state index in [4.69, 9.17) is 11.2 Å². The Morgan fingerprint density at radius 3 is 2.32 bits per heavy atom. The van der Waals surface area contributed by atoms with E-state index in [9.17, 15) is 14.4 Å². The van der Waals surface area contributed by atoms with Gasteiger partial charge < -0.3 is 20.3 Å². The maximum atomic E-state index is 14.3. The second-order valence-electron chi connectivity index (χ2n) is 12.3. The fourth-order valence-electron chi connectivity index (χ4n) is 5.31. The standard InChI is InChI=1S/C31H45N3O4/c1-8-22-14-12-13-17-24(22)27(28(35)32-23-15-10-9-11-16-23)34(26-19-21(26)4)29(36)25(18-20(2)3)33-30(37)38-31(5,6)7/h1,12-14,17,20-21,23,25-27H,9-11,15-16,18-19H2,2-7H3,(H,32,35)(H,33,37). The number of hydrogen-bond acceptors (Lipinski definition) is 4. The van der Waals surface area contributed by atoms with Gasteiger partial charge in [-0.1, -0.05) is 64.2 Å². The number of carbonyl (C=O) groups is 3.